The summed E-state index contributed by atoms with van der Waals surface area (Å²) >= 11 is 0. The van der Waals surface area contributed by atoms with Gasteiger partial charge >= 0.3 is 5.82 Å². The Hall–Kier alpha value is -1.72. The Bertz CT molecular complexity index is 376. The number of aldehydes is 1. The minimum absolute atomic E-state index is 0.217. The summed E-state index contributed by atoms with van der Waals surface area (Å²) in [6.07, 6.45) is 8.49. The van der Waals surface area contributed by atoms with Gasteiger partial charge in [-0.1, -0.05) is 32.6 Å². The number of hydrogen-bond donors (Lipinski definition) is 0. The van der Waals surface area contributed by atoms with Gasteiger partial charge in [-0.2, -0.15) is 0 Å². The van der Waals surface area contributed by atoms with Crippen molar-refractivity contribution in [3.63, 3.8) is 0 Å². The van der Waals surface area contributed by atoms with Crippen LogP contribution in [0.5, 0.6) is 0 Å². The highest BCUT2D eigenvalue weighted by molar-refractivity contribution is 5.55. The first-order chi connectivity index (χ1) is 8.19. The molecule has 1 atom stereocenters. The van der Waals surface area contributed by atoms with Gasteiger partial charge < -0.3 is 19.5 Å². The minimum Gasteiger partial charge on any atom is -0.358 e. The second-order valence-corrected chi connectivity index (χ2v) is 3.99. The number of nitro groups is 1. The molecule has 0 amide bonds. The first-order valence-electron chi connectivity index (χ1n) is 5.82. The molecule has 1 rings (SSSR count). The van der Waals surface area contributed by atoms with Crippen LogP contribution in [-0.2, 0) is 4.79 Å². The topological polar surface area (TPSA) is 78.0 Å². The molecule has 0 aliphatic heterocycles. The van der Waals surface area contributed by atoms with Gasteiger partial charge in [0.15, 0.2) is 0 Å². The van der Waals surface area contributed by atoms with Gasteiger partial charge in [-0.3, -0.25) is 0 Å². The lowest BCUT2D eigenvalue weighted by molar-refractivity contribution is -0.389. The van der Waals surface area contributed by atoms with Crippen molar-refractivity contribution in [2.75, 3.05) is 0 Å². The molecule has 1 aromatic heterocycles. The summed E-state index contributed by atoms with van der Waals surface area (Å²) < 4.78 is 1.51. The number of unbranched alkanes of at least 4 members (excludes halogenated alkanes) is 3. The van der Waals surface area contributed by atoms with Crippen molar-refractivity contribution in [3.05, 3.63) is 22.6 Å². The summed E-state index contributed by atoms with van der Waals surface area (Å²) in [6.45, 7) is 2.12. The first kappa shape index (κ1) is 13.3. The number of imidazole rings is 1. The number of carbonyl (C=O) groups is 1. The van der Waals surface area contributed by atoms with Crippen LogP contribution >= 0.6 is 0 Å². The number of carbonyl (C=O) groups excluding carboxylic acids is 1. The van der Waals surface area contributed by atoms with Crippen LogP contribution < -0.4 is 0 Å². The summed E-state index contributed by atoms with van der Waals surface area (Å²) in [5.74, 6) is -0.217. The van der Waals surface area contributed by atoms with Crippen LogP contribution in [0.1, 0.15) is 45.1 Å². The van der Waals surface area contributed by atoms with E-state index in [1.165, 1.54) is 17.1 Å². The predicted octanol–water partition coefficient (Wildman–Crippen LogP) is 2.50. The molecular weight excluding hydrogens is 222 g/mol. The van der Waals surface area contributed by atoms with E-state index in [4.69, 9.17) is 0 Å². The summed E-state index contributed by atoms with van der Waals surface area (Å²) in [4.78, 5) is 24.5. The summed E-state index contributed by atoms with van der Waals surface area (Å²) in [5, 5.41) is 10.5. The highest BCUT2D eigenvalue weighted by Gasteiger charge is 2.16. The summed E-state index contributed by atoms with van der Waals surface area (Å²) in [5.41, 5.74) is 0. The monoisotopic (exact) mass is 239 g/mol. The lowest BCUT2D eigenvalue weighted by Crippen LogP contribution is -2.08. The molecule has 0 bridgehead atoms. The molecular formula is C11H17N3O3. The van der Waals surface area contributed by atoms with Crippen LogP contribution in [0.25, 0.3) is 0 Å². The second kappa shape index (κ2) is 6.78. The Morgan fingerprint density at radius 2 is 2.29 bits per heavy atom. The maximum atomic E-state index is 10.9. The molecule has 6 heteroatoms. The number of rotatable bonds is 8. The van der Waals surface area contributed by atoms with Crippen LogP contribution in [0.3, 0.4) is 0 Å². The fourth-order valence-electron chi connectivity index (χ4n) is 1.67. The lowest BCUT2D eigenvalue weighted by Gasteiger charge is -2.09. The van der Waals surface area contributed by atoms with Crippen LogP contribution in [0.15, 0.2) is 12.5 Å². The fourth-order valence-corrected chi connectivity index (χ4v) is 1.67. The third-order valence-electron chi connectivity index (χ3n) is 2.67. The van der Waals surface area contributed by atoms with Crippen molar-refractivity contribution in [2.24, 2.45) is 0 Å². The molecule has 6 nitrogen and oxygen atoms in total. The van der Waals surface area contributed by atoms with Crippen LogP contribution in [0.4, 0.5) is 5.82 Å². The third kappa shape index (κ3) is 3.97. The zero-order valence-electron chi connectivity index (χ0n) is 9.91. The minimum atomic E-state index is -0.560. The Morgan fingerprint density at radius 1 is 1.53 bits per heavy atom. The van der Waals surface area contributed by atoms with Crippen molar-refractivity contribution < 1.29 is 9.72 Å². The van der Waals surface area contributed by atoms with E-state index in [1.54, 1.807) is 0 Å². The Labute approximate surface area is 99.8 Å². The largest absolute Gasteiger partial charge is 0.381 e. The lowest BCUT2D eigenvalue weighted by atomic mass is 10.1. The molecule has 17 heavy (non-hydrogen) atoms. The highest BCUT2D eigenvalue weighted by atomic mass is 16.6. The second-order valence-electron chi connectivity index (χ2n) is 3.99. The van der Waals surface area contributed by atoms with Gasteiger partial charge in [-0.25, -0.2) is 0 Å². The highest BCUT2D eigenvalue weighted by Crippen LogP contribution is 2.17. The molecule has 94 valence electrons. The smallest absolute Gasteiger partial charge is 0.358 e. The fraction of sp³-hybridized carbons (Fsp3) is 0.636. The maximum Gasteiger partial charge on any atom is 0.381 e. The summed E-state index contributed by atoms with van der Waals surface area (Å²) in [7, 11) is 0. The molecule has 1 aromatic rings. The van der Waals surface area contributed by atoms with E-state index in [0.29, 0.717) is 6.42 Å². The third-order valence-corrected chi connectivity index (χ3v) is 2.67. The van der Waals surface area contributed by atoms with Crippen molar-refractivity contribution in [1.29, 1.82) is 0 Å². The van der Waals surface area contributed by atoms with Gasteiger partial charge in [0.2, 0.25) is 6.33 Å². The van der Waals surface area contributed by atoms with Gasteiger partial charge in [0.25, 0.3) is 0 Å². The van der Waals surface area contributed by atoms with Crippen LogP contribution in [0.2, 0.25) is 0 Å². The normalized spacial score (nSPS) is 12.3. The summed E-state index contributed by atoms with van der Waals surface area (Å²) in [6, 6.07) is -0.340. The van der Waals surface area contributed by atoms with E-state index in [2.05, 4.69) is 11.9 Å². The standard InChI is InChI=1S/C11H17N3O3/c1-2-3-4-5-6-10(8-15)13-7-11(12-9-13)14(16)17/h7-10H,2-6H2,1H3. The average molecular weight is 239 g/mol. The zero-order chi connectivity index (χ0) is 12.7. The molecule has 0 N–H and O–H groups in total. The van der Waals surface area contributed by atoms with Gasteiger partial charge in [0.05, 0.1) is 6.04 Å². The molecule has 0 aliphatic carbocycles. The maximum absolute atomic E-state index is 10.9. The predicted molar refractivity (Wildman–Crippen MR) is 62.7 cm³/mol. The van der Waals surface area contributed by atoms with Crippen molar-refractivity contribution in [3.8, 4) is 0 Å². The van der Waals surface area contributed by atoms with Crippen molar-refractivity contribution >= 4 is 12.1 Å². The SMILES string of the molecule is CCCCCCC(C=O)n1cnc([N+](=O)[O-])c1. The van der Waals surface area contributed by atoms with Crippen molar-refractivity contribution in [1.82, 2.24) is 9.55 Å². The molecule has 0 aliphatic rings. The van der Waals surface area contributed by atoms with Gasteiger partial charge in [0.1, 0.15) is 12.5 Å². The molecule has 0 spiro atoms. The first-order valence-corrected chi connectivity index (χ1v) is 5.82. The zero-order valence-corrected chi connectivity index (χ0v) is 9.91. The molecule has 0 saturated carbocycles. The number of nitrogens with zero attached hydrogens (tertiary/aromatic N) is 3. The Kier molecular flexibility index (Phi) is 5.32. The van der Waals surface area contributed by atoms with Gasteiger partial charge in [-0.15, -0.1) is 0 Å². The van der Waals surface area contributed by atoms with Crippen LogP contribution in [0, 0.1) is 10.1 Å². The van der Waals surface area contributed by atoms with E-state index in [1.807, 2.05) is 0 Å². The van der Waals surface area contributed by atoms with E-state index < -0.39 is 4.92 Å². The number of hydrogen-bond acceptors (Lipinski definition) is 4. The average Bonchev–Trinajstić information content (AvgIpc) is 2.79. The molecule has 0 saturated heterocycles. The molecule has 0 aromatic carbocycles. The van der Waals surface area contributed by atoms with E-state index >= 15 is 0 Å². The Balaban J connectivity index is 2.53. The molecule has 0 radical (unpaired) electrons. The van der Waals surface area contributed by atoms with E-state index in [0.717, 1.165) is 32.0 Å². The Morgan fingerprint density at radius 3 is 2.82 bits per heavy atom. The quantitative estimate of drug-likeness (QED) is 0.302. The van der Waals surface area contributed by atoms with Crippen LogP contribution in [-0.4, -0.2) is 20.8 Å². The van der Waals surface area contributed by atoms with Gasteiger partial charge in [0, 0.05) is 0 Å². The van der Waals surface area contributed by atoms with E-state index in [-0.39, 0.29) is 11.9 Å². The van der Waals surface area contributed by atoms with Crippen molar-refractivity contribution in [2.45, 2.75) is 45.1 Å². The molecule has 0 fully saturated rings. The number of aromatic nitrogens is 2. The van der Waals surface area contributed by atoms with Gasteiger partial charge in [-0.05, 0) is 16.3 Å². The molecule has 1 heterocycles. The molecule has 1 unspecified atom stereocenters. The van der Waals surface area contributed by atoms with E-state index in [9.17, 15) is 14.9 Å².